The zero-order valence-electron chi connectivity index (χ0n) is 21.7. The number of rotatable bonds is 11. The number of piperazine rings is 1. The van der Waals surface area contributed by atoms with Crippen LogP contribution in [0.4, 0.5) is 5.13 Å². The van der Waals surface area contributed by atoms with Crippen LogP contribution in [0, 0.1) is 0 Å². The molecule has 4 aromatic rings. The average molecular weight is 532 g/mol. The molecule has 8 nitrogen and oxygen atoms in total. The van der Waals surface area contributed by atoms with Gasteiger partial charge in [-0.2, -0.15) is 4.37 Å². The number of ether oxygens (including phenoxy) is 1. The van der Waals surface area contributed by atoms with Crippen LogP contribution in [-0.2, 0) is 24.3 Å². The average Bonchev–Trinajstić information content (AvgIpc) is 3.64. The summed E-state index contributed by atoms with van der Waals surface area (Å²) in [5, 5.41) is 0.791. The highest BCUT2D eigenvalue weighted by Gasteiger charge is 2.23. The van der Waals surface area contributed by atoms with Crippen LogP contribution in [0.25, 0.3) is 0 Å². The van der Waals surface area contributed by atoms with Gasteiger partial charge in [-0.15, -0.1) is 0 Å². The van der Waals surface area contributed by atoms with Crippen molar-refractivity contribution in [2.75, 3.05) is 44.7 Å². The number of carbonyl (C=O) groups is 1. The van der Waals surface area contributed by atoms with Crippen LogP contribution in [-0.4, -0.2) is 64.9 Å². The normalized spacial score (nSPS) is 14.0. The Kier molecular flexibility index (Phi) is 8.67. The molecule has 1 aliphatic heterocycles. The van der Waals surface area contributed by atoms with Gasteiger partial charge in [0.15, 0.2) is 0 Å². The molecule has 0 aliphatic carbocycles. The molecule has 2 aromatic heterocycles. The molecule has 5 rings (SSSR count). The molecule has 0 atom stereocenters. The van der Waals surface area contributed by atoms with Crippen LogP contribution in [0.15, 0.2) is 77.4 Å². The molecule has 0 unspecified atom stereocenters. The van der Waals surface area contributed by atoms with Crippen LogP contribution in [0.1, 0.15) is 29.1 Å². The minimum Gasteiger partial charge on any atom is -0.497 e. The van der Waals surface area contributed by atoms with E-state index in [0.717, 1.165) is 60.8 Å². The van der Waals surface area contributed by atoms with E-state index in [0.29, 0.717) is 25.9 Å². The third-order valence-electron chi connectivity index (χ3n) is 6.72. The van der Waals surface area contributed by atoms with Gasteiger partial charge in [0.1, 0.15) is 17.3 Å². The molecule has 0 radical (unpaired) electrons. The lowest BCUT2D eigenvalue weighted by molar-refractivity contribution is -0.132. The molecule has 0 bridgehead atoms. The molecule has 1 saturated heterocycles. The first-order valence-electron chi connectivity index (χ1n) is 12.9. The summed E-state index contributed by atoms with van der Waals surface area (Å²) in [6.07, 6.45) is 2.71. The van der Waals surface area contributed by atoms with Crippen LogP contribution in [0.2, 0.25) is 0 Å². The van der Waals surface area contributed by atoms with Gasteiger partial charge in [-0.05, 0) is 35.4 Å². The summed E-state index contributed by atoms with van der Waals surface area (Å²) in [7, 11) is 1.66. The fourth-order valence-corrected chi connectivity index (χ4v) is 5.34. The molecular formula is C29H33N5O3S. The molecular weight excluding hydrogens is 498 g/mol. The van der Waals surface area contributed by atoms with Crippen molar-refractivity contribution in [1.82, 2.24) is 19.2 Å². The number of aromatic nitrogens is 2. The molecule has 38 heavy (non-hydrogen) atoms. The van der Waals surface area contributed by atoms with E-state index in [4.69, 9.17) is 14.1 Å². The highest BCUT2D eigenvalue weighted by atomic mass is 32.1. The predicted octanol–water partition coefficient (Wildman–Crippen LogP) is 4.47. The Morgan fingerprint density at radius 3 is 2.61 bits per heavy atom. The Morgan fingerprint density at radius 2 is 1.84 bits per heavy atom. The summed E-state index contributed by atoms with van der Waals surface area (Å²) in [6.45, 7) is 5.31. The maximum atomic E-state index is 13.1. The van der Waals surface area contributed by atoms with E-state index in [1.165, 1.54) is 17.1 Å². The van der Waals surface area contributed by atoms with Crippen molar-refractivity contribution in [3.63, 3.8) is 0 Å². The Balaban J connectivity index is 1.17. The zero-order chi connectivity index (χ0) is 26.2. The zero-order valence-corrected chi connectivity index (χ0v) is 22.5. The van der Waals surface area contributed by atoms with Crippen LogP contribution in [0.3, 0.4) is 0 Å². The van der Waals surface area contributed by atoms with Crippen molar-refractivity contribution in [2.45, 2.75) is 25.9 Å². The summed E-state index contributed by atoms with van der Waals surface area (Å²) in [6, 6.07) is 22.3. The topological polar surface area (TPSA) is 74.9 Å². The van der Waals surface area contributed by atoms with E-state index in [1.807, 2.05) is 47.4 Å². The number of methoxy groups -OCH3 is 1. The number of nitrogens with zero attached hydrogens (tertiary/aromatic N) is 5. The van der Waals surface area contributed by atoms with Gasteiger partial charge in [0.2, 0.25) is 11.0 Å². The van der Waals surface area contributed by atoms with Gasteiger partial charge in [-0.1, -0.05) is 42.5 Å². The molecule has 1 aliphatic rings. The first kappa shape index (κ1) is 25.9. The minimum atomic E-state index is 0.176. The number of amides is 1. The quantitative estimate of drug-likeness (QED) is 0.283. The van der Waals surface area contributed by atoms with E-state index in [2.05, 4.69) is 38.4 Å². The molecule has 3 heterocycles. The van der Waals surface area contributed by atoms with Gasteiger partial charge in [0.05, 0.1) is 19.9 Å². The van der Waals surface area contributed by atoms with Gasteiger partial charge in [-0.25, -0.2) is 4.98 Å². The number of furan rings is 1. The monoisotopic (exact) mass is 531 g/mol. The maximum Gasteiger partial charge on any atom is 0.224 e. The maximum absolute atomic E-state index is 13.1. The fourth-order valence-electron chi connectivity index (χ4n) is 4.63. The number of carbonyl (C=O) groups excluding carboxylic acids is 1. The molecule has 198 valence electrons. The van der Waals surface area contributed by atoms with Gasteiger partial charge >= 0.3 is 0 Å². The van der Waals surface area contributed by atoms with Gasteiger partial charge in [-0.3, -0.25) is 9.69 Å². The Bertz CT molecular complexity index is 1290. The van der Waals surface area contributed by atoms with Crippen LogP contribution >= 0.6 is 11.5 Å². The fraction of sp³-hybridized carbons (Fsp3) is 0.345. The third kappa shape index (κ3) is 6.99. The van der Waals surface area contributed by atoms with Gasteiger partial charge in [0.25, 0.3) is 0 Å². The van der Waals surface area contributed by atoms with Gasteiger partial charge in [0, 0.05) is 63.6 Å². The molecule has 0 spiro atoms. The largest absolute Gasteiger partial charge is 0.497 e. The Labute approximate surface area is 227 Å². The molecule has 0 saturated carbocycles. The standard InChI is InChI=1S/C29H33N5O3S/c1-36-25-10-5-9-24(19-25)20-27-30-29(38-31-27)34(22-26-11-6-18-37-26)13-12-28(35)33-16-14-32(15-17-33)21-23-7-3-2-4-8-23/h2-11,18-19H,12-17,20-22H2,1H3. The highest BCUT2D eigenvalue weighted by molar-refractivity contribution is 7.09. The van der Waals surface area contributed by atoms with Crippen molar-refractivity contribution in [3.05, 3.63) is 95.7 Å². The second-order valence-electron chi connectivity index (χ2n) is 9.41. The molecule has 2 aromatic carbocycles. The lowest BCUT2D eigenvalue weighted by atomic mass is 10.1. The molecule has 9 heteroatoms. The van der Waals surface area contributed by atoms with Crippen molar-refractivity contribution >= 4 is 22.6 Å². The molecule has 0 N–H and O–H groups in total. The second-order valence-corrected chi connectivity index (χ2v) is 10.1. The lowest BCUT2D eigenvalue weighted by Gasteiger charge is -2.35. The van der Waals surface area contributed by atoms with Crippen molar-refractivity contribution in [3.8, 4) is 5.75 Å². The molecule has 1 amide bonds. The number of hydrogen-bond acceptors (Lipinski definition) is 8. The van der Waals surface area contributed by atoms with Crippen molar-refractivity contribution < 1.29 is 13.9 Å². The van der Waals surface area contributed by atoms with E-state index < -0.39 is 0 Å². The number of hydrogen-bond donors (Lipinski definition) is 0. The van der Waals surface area contributed by atoms with Crippen molar-refractivity contribution in [2.24, 2.45) is 0 Å². The summed E-state index contributed by atoms with van der Waals surface area (Å²) < 4.78 is 15.5. The summed E-state index contributed by atoms with van der Waals surface area (Å²) in [4.78, 5) is 24.4. The van der Waals surface area contributed by atoms with E-state index in [9.17, 15) is 4.79 Å². The highest BCUT2D eigenvalue weighted by Crippen LogP contribution is 2.23. The summed E-state index contributed by atoms with van der Waals surface area (Å²) in [5.74, 6) is 2.58. The smallest absolute Gasteiger partial charge is 0.224 e. The number of benzene rings is 2. The second kappa shape index (κ2) is 12.7. The van der Waals surface area contributed by atoms with Crippen LogP contribution < -0.4 is 9.64 Å². The van der Waals surface area contributed by atoms with Crippen LogP contribution in [0.5, 0.6) is 5.75 Å². The lowest BCUT2D eigenvalue weighted by Crippen LogP contribution is -2.48. The Morgan fingerprint density at radius 1 is 1.03 bits per heavy atom. The summed E-state index contributed by atoms with van der Waals surface area (Å²) >= 11 is 1.36. The summed E-state index contributed by atoms with van der Waals surface area (Å²) in [5.41, 5.74) is 2.40. The van der Waals surface area contributed by atoms with E-state index in [-0.39, 0.29) is 5.91 Å². The first-order chi connectivity index (χ1) is 18.7. The SMILES string of the molecule is COc1cccc(Cc2nsc(N(CCC(=O)N3CCN(Cc4ccccc4)CC3)Cc3ccco3)n2)c1. The Hall–Kier alpha value is -3.69. The van der Waals surface area contributed by atoms with E-state index >= 15 is 0 Å². The van der Waals surface area contributed by atoms with Gasteiger partial charge < -0.3 is 19.0 Å². The van der Waals surface area contributed by atoms with E-state index in [1.54, 1.807) is 13.4 Å². The predicted molar refractivity (Wildman–Crippen MR) is 148 cm³/mol. The first-order valence-corrected chi connectivity index (χ1v) is 13.7. The third-order valence-corrected chi connectivity index (χ3v) is 7.54. The molecule has 1 fully saturated rings. The number of anilines is 1. The minimum absolute atomic E-state index is 0.176. The van der Waals surface area contributed by atoms with Crippen molar-refractivity contribution in [1.29, 1.82) is 0 Å².